The molecule has 0 saturated carbocycles. The Balaban J connectivity index is 3.41. The number of carbonyl (C=O) groups is 1. The predicted octanol–water partition coefficient (Wildman–Crippen LogP) is 2.75. The van der Waals surface area contributed by atoms with Gasteiger partial charge < -0.3 is 13.9 Å². The first-order valence-corrected chi connectivity index (χ1v) is 9.55. The topological polar surface area (TPSA) is 44.8 Å². The average Bonchev–Trinajstić information content (AvgIpc) is 2.27. The summed E-state index contributed by atoms with van der Waals surface area (Å²) in [7, 11) is -1.48. The van der Waals surface area contributed by atoms with E-state index in [4.69, 9.17) is 13.9 Å². The zero-order valence-electron chi connectivity index (χ0n) is 12.1. The highest BCUT2D eigenvalue weighted by Crippen LogP contribution is 2.13. The van der Waals surface area contributed by atoms with E-state index in [1.165, 1.54) is 0 Å². The SMILES string of the molecule is C=C(C)C(=O)OCCOCCC[Si](C)(C)OCC. The summed E-state index contributed by atoms with van der Waals surface area (Å²) >= 11 is 0. The van der Waals surface area contributed by atoms with Gasteiger partial charge in [0, 0.05) is 18.8 Å². The number of esters is 1. The molecule has 0 fully saturated rings. The largest absolute Gasteiger partial charge is 0.460 e. The fourth-order valence-corrected chi connectivity index (χ4v) is 3.40. The van der Waals surface area contributed by atoms with E-state index in [9.17, 15) is 4.79 Å². The molecule has 0 aromatic carbocycles. The lowest BCUT2D eigenvalue weighted by molar-refractivity contribution is -0.140. The van der Waals surface area contributed by atoms with Crippen LogP contribution >= 0.6 is 0 Å². The molecule has 0 aromatic heterocycles. The molecule has 4 nitrogen and oxygen atoms in total. The number of hydrogen-bond donors (Lipinski definition) is 0. The second kappa shape index (κ2) is 9.30. The molecule has 0 atom stereocenters. The molecule has 0 rings (SSSR count). The molecule has 0 aromatic rings. The summed E-state index contributed by atoms with van der Waals surface area (Å²) in [5, 5.41) is 0. The summed E-state index contributed by atoms with van der Waals surface area (Å²) in [5.41, 5.74) is 0.416. The standard InChI is InChI=1S/C13H26O4Si/c1-6-17-18(4,5)11-7-8-15-9-10-16-13(14)12(2)3/h2,6-11H2,1,3-5H3. The van der Waals surface area contributed by atoms with Crippen LogP contribution in [0.25, 0.3) is 0 Å². The van der Waals surface area contributed by atoms with Crippen molar-refractivity contribution in [1.82, 2.24) is 0 Å². The zero-order chi connectivity index (χ0) is 14.0. The molecule has 0 aliphatic rings. The monoisotopic (exact) mass is 274 g/mol. The Morgan fingerprint density at radius 3 is 2.44 bits per heavy atom. The quantitative estimate of drug-likeness (QED) is 0.266. The molecular weight excluding hydrogens is 248 g/mol. The normalized spacial score (nSPS) is 11.3. The van der Waals surface area contributed by atoms with Crippen LogP contribution < -0.4 is 0 Å². The van der Waals surface area contributed by atoms with Crippen LogP contribution in [0, 0.1) is 0 Å². The Morgan fingerprint density at radius 2 is 1.89 bits per heavy atom. The van der Waals surface area contributed by atoms with Gasteiger partial charge in [-0.2, -0.15) is 0 Å². The Morgan fingerprint density at radius 1 is 1.22 bits per heavy atom. The van der Waals surface area contributed by atoms with Crippen LogP contribution in [0.15, 0.2) is 12.2 Å². The van der Waals surface area contributed by atoms with E-state index < -0.39 is 8.32 Å². The minimum atomic E-state index is -1.48. The van der Waals surface area contributed by atoms with Crippen molar-refractivity contribution in [3.8, 4) is 0 Å². The Bertz CT molecular complexity index is 264. The third-order valence-electron chi connectivity index (χ3n) is 2.41. The number of ether oxygens (including phenoxy) is 2. The third-order valence-corrected chi connectivity index (χ3v) is 5.04. The Hall–Kier alpha value is -0.653. The van der Waals surface area contributed by atoms with Crippen molar-refractivity contribution in [3.05, 3.63) is 12.2 Å². The number of hydrogen-bond acceptors (Lipinski definition) is 4. The van der Waals surface area contributed by atoms with Gasteiger partial charge in [-0.05, 0) is 39.4 Å². The minimum Gasteiger partial charge on any atom is -0.460 e. The van der Waals surface area contributed by atoms with Crippen molar-refractivity contribution in [1.29, 1.82) is 0 Å². The maximum absolute atomic E-state index is 11.0. The van der Waals surface area contributed by atoms with Crippen LogP contribution in [0.5, 0.6) is 0 Å². The molecule has 0 bridgehead atoms. The summed E-state index contributed by atoms with van der Waals surface area (Å²) in [5.74, 6) is -0.358. The first-order chi connectivity index (χ1) is 8.39. The minimum absolute atomic E-state index is 0.290. The molecule has 0 N–H and O–H groups in total. The van der Waals surface area contributed by atoms with Crippen LogP contribution in [0.3, 0.4) is 0 Å². The first kappa shape index (κ1) is 17.3. The van der Waals surface area contributed by atoms with Gasteiger partial charge in [0.15, 0.2) is 8.32 Å². The summed E-state index contributed by atoms with van der Waals surface area (Å²) in [4.78, 5) is 11.0. The van der Waals surface area contributed by atoms with E-state index in [0.29, 0.717) is 18.8 Å². The molecular formula is C13H26O4Si. The smallest absolute Gasteiger partial charge is 0.333 e. The highest BCUT2D eigenvalue weighted by molar-refractivity contribution is 6.71. The van der Waals surface area contributed by atoms with Crippen LogP contribution in [-0.4, -0.2) is 40.7 Å². The van der Waals surface area contributed by atoms with Gasteiger partial charge in [0.1, 0.15) is 6.61 Å². The molecule has 0 radical (unpaired) electrons. The molecule has 18 heavy (non-hydrogen) atoms. The van der Waals surface area contributed by atoms with Gasteiger partial charge in [-0.25, -0.2) is 4.79 Å². The lowest BCUT2D eigenvalue weighted by Crippen LogP contribution is -2.30. The molecule has 0 aliphatic heterocycles. The van der Waals surface area contributed by atoms with Crippen molar-refractivity contribution < 1.29 is 18.7 Å². The first-order valence-electron chi connectivity index (χ1n) is 6.43. The molecule has 0 amide bonds. The van der Waals surface area contributed by atoms with E-state index in [-0.39, 0.29) is 12.6 Å². The molecule has 0 unspecified atom stereocenters. The Kier molecular flexibility index (Phi) is 8.96. The van der Waals surface area contributed by atoms with Crippen LogP contribution in [-0.2, 0) is 18.7 Å². The molecule has 106 valence electrons. The second-order valence-electron chi connectivity index (χ2n) is 4.82. The van der Waals surface area contributed by atoms with Gasteiger partial charge in [-0.15, -0.1) is 0 Å². The van der Waals surface area contributed by atoms with E-state index in [1.807, 2.05) is 6.92 Å². The highest BCUT2D eigenvalue weighted by Gasteiger charge is 2.20. The molecule has 0 saturated heterocycles. The van der Waals surface area contributed by atoms with Gasteiger partial charge in [0.25, 0.3) is 0 Å². The van der Waals surface area contributed by atoms with Crippen molar-refractivity contribution >= 4 is 14.3 Å². The van der Waals surface area contributed by atoms with Crippen molar-refractivity contribution in [3.63, 3.8) is 0 Å². The van der Waals surface area contributed by atoms with Crippen LogP contribution in [0.2, 0.25) is 19.1 Å². The van der Waals surface area contributed by atoms with Crippen molar-refractivity contribution in [2.24, 2.45) is 0 Å². The maximum atomic E-state index is 11.0. The van der Waals surface area contributed by atoms with Crippen LogP contribution in [0.1, 0.15) is 20.3 Å². The van der Waals surface area contributed by atoms with Gasteiger partial charge in [-0.3, -0.25) is 0 Å². The third kappa shape index (κ3) is 9.38. The number of carbonyl (C=O) groups excluding carboxylic acids is 1. The van der Waals surface area contributed by atoms with E-state index in [1.54, 1.807) is 6.92 Å². The predicted molar refractivity (Wildman–Crippen MR) is 75.1 cm³/mol. The number of rotatable bonds is 10. The molecule has 0 aliphatic carbocycles. The van der Waals surface area contributed by atoms with E-state index in [2.05, 4.69) is 19.7 Å². The second-order valence-corrected chi connectivity index (χ2v) is 9.13. The summed E-state index contributed by atoms with van der Waals surface area (Å²) in [6.07, 6.45) is 0.994. The van der Waals surface area contributed by atoms with Crippen LogP contribution in [0.4, 0.5) is 0 Å². The van der Waals surface area contributed by atoms with Crippen molar-refractivity contribution in [2.75, 3.05) is 26.4 Å². The fraction of sp³-hybridized carbons (Fsp3) is 0.769. The van der Waals surface area contributed by atoms with Gasteiger partial charge >= 0.3 is 5.97 Å². The lowest BCUT2D eigenvalue weighted by atomic mass is 10.4. The molecule has 5 heteroatoms. The fourth-order valence-electron chi connectivity index (χ4n) is 1.48. The zero-order valence-corrected chi connectivity index (χ0v) is 13.1. The molecule has 0 spiro atoms. The summed E-state index contributed by atoms with van der Waals surface area (Å²) < 4.78 is 16.0. The van der Waals surface area contributed by atoms with Gasteiger partial charge in [0.2, 0.25) is 0 Å². The maximum Gasteiger partial charge on any atom is 0.333 e. The summed E-state index contributed by atoms with van der Waals surface area (Å²) in [6.45, 7) is 13.8. The van der Waals surface area contributed by atoms with E-state index in [0.717, 1.165) is 19.1 Å². The summed E-state index contributed by atoms with van der Waals surface area (Å²) in [6, 6.07) is 1.09. The van der Waals surface area contributed by atoms with E-state index >= 15 is 0 Å². The Labute approximate surface area is 111 Å². The van der Waals surface area contributed by atoms with Gasteiger partial charge in [0.05, 0.1) is 6.61 Å². The average molecular weight is 274 g/mol. The molecule has 0 heterocycles. The lowest BCUT2D eigenvalue weighted by Gasteiger charge is -2.21. The van der Waals surface area contributed by atoms with Crippen molar-refractivity contribution in [2.45, 2.75) is 39.4 Å². The highest BCUT2D eigenvalue weighted by atomic mass is 28.4. The van der Waals surface area contributed by atoms with Gasteiger partial charge in [-0.1, -0.05) is 6.58 Å².